The second kappa shape index (κ2) is 6.54. The van der Waals surface area contributed by atoms with E-state index in [1.54, 1.807) is 13.1 Å². The second-order valence-corrected chi connectivity index (χ2v) is 6.26. The minimum absolute atomic E-state index is 0.386. The van der Waals surface area contributed by atoms with Gasteiger partial charge in [-0.3, -0.25) is 13.9 Å². The van der Waals surface area contributed by atoms with Crippen molar-refractivity contribution in [2.45, 2.75) is 6.18 Å². The van der Waals surface area contributed by atoms with Gasteiger partial charge in [-0.05, 0) is 18.2 Å². The van der Waals surface area contributed by atoms with Crippen molar-refractivity contribution < 1.29 is 13.2 Å². The molecule has 0 saturated carbocycles. The minimum atomic E-state index is -4.37. The summed E-state index contributed by atoms with van der Waals surface area (Å²) in [4.78, 5) is 27.7. The molecule has 0 aliphatic carbocycles. The van der Waals surface area contributed by atoms with Crippen molar-refractivity contribution in [3.8, 4) is 0 Å². The molecular weight excluding hydrogens is 349 g/mol. The zero-order valence-corrected chi connectivity index (χ0v) is 14.5. The van der Waals surface area contributed by atoms with Gasteiger partial charge in [-0.2, -0.15) is 13.2 Å². The minimum Gasteiger partial charge on any atom is -0.368 e. The van der Waals surface area contributed by atoms with Gasteiger partial charge in [0.25, 0.3) is 5.56 Å². The first-order valence-corrected chi connectivity index (χ1v) is 8.12. The van der Waals surface area contributed by atoms with Crippen molar-refractivity contribution in [3.63, 3.8) is 0 Å². The lowest BCUT2D eigenvalue weighted by molar-refractivity contribution is -0.137. The summed E-state index contributed by atoms with van der Waals surface area (Å²) >= 11 is 0. The van der Waals surface area contributed by atoms with E-state index in [1.807, 2.05) is 9.80 Å². The average Bonchev–Trinajstić information content (AvgIpc) is 2.62. The van der Waals surface area contributed by atoms with Crippen LogP contribution in [0.15, 0.2) is 39.9 Å². The van der Waals surface area contributed by atoms with Crippen LogP contribution in [-0.4, -0.2) is 35.3 Å². The van der Waals surface area contributed by atoms with Crippen LogP contribution in [0.3, 0.4) is 0 Å². The summed E-state index contributed by atoms with van der Waals surface area (Å²) in [6.45, 7) is 1.98. The van der Waals surface area contributed by atoms with E-state index in [1.165, 1.54) is 23.7 Å². The smallest absolute Gasteiger partial charge is 0.368 e. The Balaban J connectivity index is 1.79. The van der Waals surface area contributed by atoms with Gasteiger partial charge in [-0.25, -0.2) is 4.79 Å². The fraction of sp³-hybridized carbons (Fsp3) is 0.412. The number of hydrogen-bond donors (Lipinski definition) is 0. The van der Waals surface area contributed by atoms with E-state index >= 15 is 0 Å². The van der Waals surface area contributed by atoms with Crippen LogP contribution in [0.5, 0.6) is 0 Å². The third-order valence-electron chi connectivity index (χ3n) is 4.64. The molecular formula is C17H19F3N4O2. The maximum atomic E-state index is 12.9. The number of halogens is 3. The molecule has 9 heteroatoms. The number of alkyl halides is 3. The molecule has 3 rings (SSSR count). The highest BCUT2D eigenvalue weighted by atomic mass is 19.4. The van der Waals surface area contributed by atoms with Crippen LogP contribution in [0.4, 0.5) is 24.7 Å². The predicted octanol–water partition coefficient (Wildman–Crippen LogP) is 1.43. The summed E-state index contributed by atoms with van der Waals surface area (Å²) in [6.07, 6.45) is -4.37. The molecule has 1 aromatic carbocycles. The molecule has 26 heavy (non-hydrogen) atoms. The number of aromatic nitrogens is 2. The molecule has 0 radical (unpaired) electrons. The maximum absolute atomic E-state index is 12.9. The summed E-state index contributed by atoms with van der Waals surface area (Å²) in [7, 11) is 3.01. The first-order valence-electron chi connectivity index (χ1n) is 8.12. The molecule has 1 aliphatic rings. The van der Waals surface area contributed by atoms with Gasteiger partial charge in [0.15, 0.2) is 0 Å². The molecule has 140 valence electrons. The quantitative estimate of drug-likeness (QED) is 0.805. The summed E-state index contributed by atoms with van der Waals surface area (Å²) in [5, 5.41) is 0. The standard InChI is InChI=1S/C17H19F3N4O2/c1-21-14(11-15(25)22(2)16(21)26)24-8-6-23(7-9-24)13-5-3-4-12(10-13)17(18,19)20/h3-5,10-11H,6-9H2,1-2H3. The van der Waals surface area contributed by atoms with Crippen LogP contribution in [0.1, 0.15) is 5.56 Å². The van der Waals surface area contributed by atoms with E-state index in [4.69, 9.17) is 0 Å². The highest BCUT2D eigenvalue weighted by Crippen LogP contribution is 2.32. The monoisotopic (exact) mass is 368 g/mol. The Kier molecular flexibility index (Phi) is 4.55. The van der Waals surface area contributed by atoms with Gasteiger partial charge in [0.05, 0.1) is 5.56 Å². The molecule has 2 aromatic rings. The Morgan fingerprint density at radius 2 is 1.50 bits per heavy atom. The predicted molar refractivity (Wildman–Crippen MR) is 92.8 cm³/mol. The van der Waals surface area contributed by atoms with Gasteiger partial charge in [0, 0.05) is 52.0 Å². The SMILES string of the molecule is Cn1c(N2CCN(c3cccc(C(F)(F)F)c3)CC2)cc(=O)n(C)c1=O. The summed E-state index contributed by atoms with van der Waals surface area (Å²) < 4.78 is 41.1. The molecule has 0 amide bonds. The topological polar surface area (TPSA) is 50.5 Å². The Morgan fingerprint density at radius 1 is 0.885 bits per heavy atom. The van der Waals surface area contributed by atoms with Crippen molar-refractivity contribution in [1.82, 2.24) is 9.13 Å². The van der Waals surface area contributed by atoms with E-state index in [-0.39, 0.29) is 5.56 Å². The molecule has 0 N–H and O–H groups in total. The van der Waals surface area contributed by atoms with Crippen molar-refractivity contribution >= 4 is 11.5 Å². The molecule has 1 fully saturated rings. The van der Waals surface area contributed by atoms with E-state index in [0.29, 0.717) is 37.7 Å². The molecule has 1 aromatic heterocycles. The van der Waals surface area contributed by atoms with Crippen LogP contribution < -0.4 is 21.0 Å². The van der Waals surface area contributed by atoms with Crippen LogP contribution >= 0.6 is 0 Å². The van der Waals surface area contributed by atoms with E-state index in [0.717, 1.165) is 16.7 Å². The largest absolute Gasteiger partial charge is 0.416 e. The summed E-state index contributed by atoms with van der Waals surface area (Å²) in [5.41, 5.74) is -0.958. The Hall–Kier alpha value is -2.71. The van der Waals surface area contributed by atoms with Crippen LogP contribution in [0.25, 0.3) is 0 Å². The Morgan fingerprint density at radius 3 is 2.12 bits per heavy atom. The van der Waals surface area contributed by atoms with E-state index < -0.39 is 17.4 Å². The number of hydrogen-bond acceptors (Lipinski definition) is 4. The lowest BCUT2D eigenvalue weighted by atomic mass is 10.1. The van der Waals surface area contributed by atoms with Gasteiger partial charge in [0.1, 0.15) is 5.82 Å². The third kappa shape index (κ3) is 3.33. The zero-order valence-electron chi connectivity index (χ0n) is 14.5. The molecule has 0 atom stereocenters. The third-order valence-corrected chi connectivity index (χ3v) is 4.64. The number of benzene rings is 1. The molecule has 0 spiro atoms. The Bertz CT molecular complexity index is 925. The van der Waals surface area contributed by atoms with Crippen molar-refractivity contribution in [1.29, 1.82) is 0 Å². The molecule has 6 nitrogen and oxygen atoms in total. The molecule has 0 unspecified atom stereocenters. The molecule has 1 aliphatic heterocycles. The van der Waals surface area contributed by atoms with E-state index in [9.17, 15) is 22.8 Å². The average molecular weight is 368 g/mol. The summed E-state index contributed by atoms with van der Waals surface area (Å²) in [6, 6.07) is 6.65. The zero-order chi connectivity index (χ0) is 19.1. The fourth-order valence-corrected chi connectivity index (χ4v) is 3.10. The van der Waals surface area contributed by atoms with Crippen LogP contribution in [0.2, 0.25) is 0 Å². The van der Waals surface area contributed by atoms with Gasteiger partial charge in [-0.1, -0.05) is 6.07 Å². The van der Waals surface area contributed by atoms with Gasteiger partial charge >= 0.3 is 11.9 Å². The number of anilines is 2. The number of nitrogens with zero attached hydrogens (tertiary/aromatic N) is 4. The van der Waals surface area contributed by atoms with Crippen LogP contribution in [-0.2, 0) is 20.3 Å². The highest BCUT2D eigenvalue weighted by molar-refractivity contribution is 5.51. The first-order chi connectivity index (χ1) is 12.2. The maximum Gasteiger partial charge on any atom is 0.416 e. The molecule has 2 heterocycles. The van der Waals surface area contributed by atoms with Crippen LogP contribution in [0, 0.1) is 0 Å². The normalized spacial score (nSPS) is 15.4. The first kappa shape index (κ1) is 18.1. The summed E-state index contributed by atoms with van der Waals surface area (Å²) in [5.74, 6) is 0.516. The lowest BCUT2D eigenvalue weighted by Gasteiger charge is -2.37. The molecule has 0 bridgehead atoms. The van der Waals surface area contributed by atoms with Gasteiger partial charge in [-0.15, -0.1) is 0 Å². The van der Waals surface area contributed by atoms with Crippen molar-refractivity contribution in [3.05, 3.63) is 56.7 Å². The Labute approximate surface area is 147 Å². The number of piperazine rings is 1. The van der Waals surface area contributed by atoms with Crippen molar-refractivity contribution in [2.75, 3.05) is 36.0 Å². The number of rotatable bonds is 2. The van der Waals surface area contributed by atoms with Gasteiger partial charge in [0.2, 0.25) is 0 Å². The van der Waals surface area contributed by atoms with Crippen molar-refractivity contribution in [2.24, 2.45) is 14.1 Å². The second-order valence-electron chi connectivity index (χ2n) is 6.26. The van der Waals surface area contributed by atoms with E-state index in [2.05, 4.69) is 0 Å². The fourth-order valence-electron chi connectivity index (χ4n) is 3.10. The van der Waals surface area contributed by atoms with Gasteiger partial charge < -0.3 is 9.80 Å². The molecule has 1 saturated heterocycles. The lowest BCUT2D eigenvalue weighted by Crippen LogP contribution is -2.49. The highest BCUT2D eigenvalue weighted by Gasteiger charge is 2.31.